The summed E-state index contributed by atoms with van der Waals surface area (Å²) in [6, 6.07) is 4.19. The van der Waals surface area contributed by atoms with Crippen LogP contribution in [-0.4, -0.2) is 12.6 Å². The fourth-order valence-corrected chi connectivity index (χ4v) is 2.34. The zero-order valence-electron chi connectivity index (χ0n) is 14.0. The van der Waals surface area contributed by atoms with Gasteiger partial charge in [0.25, 0.3) is 0 Å². The molecule has 0 heterocycles. The van der Waals surface area contributed by atoms with E-state index in [1.54, 1.807) is 0 Å². The van der Waals surface area contributed by atoms with Crippen molar-refractivity contribution < 1.29 is 8.78 Å². The molecule has 1 N–H and O–H groups in total. The fourth-order valence-electron chi connectivity index (χ4n) is 2.34. The van der Waals surface area contributed by atoms with Gasteiger partial charge in [-0.15, -0.1) is 0 Å². The number of nitrogens with one attached hydrogen (secondary N) is 1. The van der Waals surface area contributed by atoms with Gasteiger partial charge in [-0.1, -0.05) is 40.7 Å². The molecule has 0 bridgehead atoms. The van der Waals surface area contributed by atoms with Crippen molar-refractivity contribution in [1.29, 1.82) is 0 Å². The van der Waals surface area contributed by atoms with E-state index in [9.17, 15) is 8.78 Å². The molecule has 1 aromatic carbocycles. The van der Waals surface area contributed by atoms with Gasteiger partial charge in [0, 0.05) is 11.6 Å². The minimum Gasteiger partial charge on any atom is -0.314 e. The van der Waals surface area contributed by atoms with Crippen molar-refractivity contribution in [2.75, 3.05) is 6.54 Å². The van der Waals surface area contributed by atoms with Gasteiger partial charge in [0.05, 0.1) is 0 Å². The predicted molar refractivity (Wildman–Crippen MR) is 85.4 cm³/mol. The summed E-state index contributed by atoms with van der Waals surface area (Å²) >= 11 is 0. The Kier molecular flexibility index (Phi) is 6.79. The van der Waals surface area contributed by atoms with E-state index in [0.29, 0.717) is 12.3 Å². The summed E-state index contributed by atoms with van der Waals surface area (Å²) in [7, 11) is 0. The second kappa shape index (κ2) is 7.88. The Morgan fingerprint density at radius 2 is 1.71 bits per heavy atom. The van der Waals surface area contributed by atoms with E-state index >= 15 is 0 Å². The molecule has 0 amide bonds. The van der Waals surface area contributed by atoms with Crippen LogP contribution in [0.1, 0.15) is 53.0 Å². The molecule has 2 unspecified atom stereocenters. The Bertz CT molecular complexity index is 417. The maximum atomic E-state index is 13.8. The molecular weight excluding hydrogens is 268 g/mol. The Balaban J connectivity index is 2.83. The molecule has 120 valence electrons. The molecule has 0 saturated carbocycles. The molecule has 0 aliphatic carbocycles. The Labute approximate surface area is 128 Å². The molecule has 0 aliphatic rings. The molecule has 0 aromatic heterocycles. The van der Waals surface area contributed by atoms with E-state index < -0.39 is 11.6 Å². The zero-order chi connectivity index (χ0) is 16.0. The molecule has 3 heteroatoms. The normalized spacial score (nSPS) is 15.0. The molecule has 1 nitrogen and oxygen atoms in total. The first-order chi connectivity index (χ1) is 9.75. The highest BCUT2D eigenvalue weighted by Gasteiger charge is 2.24. The third kappa shape index (κ3) is 5.74. The highest BCUT2D eigenvalue weighted by molar-refractivity contribution is 5.20. The van der Waals surface area contributed by atoms with Gasteiger partial charge < -0.3 is 5.32 Å². The molecule has 0 aliphatic heterocycles. The van der Waals surface area contributed by atoms with E-state index in [4.69, 9.17) is 0 Å². The van der Waals surface area contributed by atoms with Gasteiger partial charge in [-0.2, -0.15) is 0 Å². The van der Waals surface area contributed by atoms with Crippen molar-refractivity contribution in [2.24, 2.45) is 11.3 Å². The van der Waals surface area contributed by atoms with Crippen LogP contribution >= 0.6 is 0 Å². The Hall–Kier alpha value is -0.960. The third-order valence-corrected chi connectivity index (χ3v) is 4.31. The Morgan fingerprint density at radius 1 is 1.14 bits per heavy atom. The minimum absolute atomic E-state index is 0.102. The second-order valence-corrected chi connectivity index (χ2v) is 7.06. The number of hydrogen-bond donors (Lipinski definition) is 1. The van der Waals surface area contributed by atoms with E-state index in [0.717, 1.165) is 19.4 Å². The smallest absolute Gasteiger partial charge is 0.129 e. The van der Waals surface area contributed by atoms with Crippen LogP contribution in [0.15, 0.2) is 18.2 Å². The lowest BCUT2D eigenvalue weighted by molar-refractivity contribution is 0.221. The lowest BCUT2D eigenvalue weighted by atomic mass is 9.77. The molecule has 0 fully saturated rings. The van der Waals surface area contributed by atoms with E-state index in [1.807, 2.05) is 0 Å². The fraction of sp³-hybridized carbons (Fsp3) is 0.667. The van der Waals surface area contributed by atoms with Crippen LogP contribution in [0.4, 0.5) is 8.78 Å². The quantitative estimate of drug-likeness (QED) is 0.751. The van der Waals surface area contributed by atoms with Crippen molar-refractivity contribution in [1.82, 2.24) is 5.32 Å². The van der Waals surface area contributed by atoms with Crippen LogP contribution < -0.4 is 5.32 Å². The van der Waals surface area contributed by atoms with Crippen LogP contribution in [-0.2, 0) is 6.42 Å². The molecule has 0 saturated heterocycles. The van der Waals surface area contributed by atoms with Gasteiger partial charge in [0.15, 0.2) is 0 Å². The number of halogens is 2. The lowest BCUT2D eigenvalue weighted by Crippen LogP contribution is -2.36. The first kappa shape index (κ1) is 18.1. The zero-order valence-corrected chi connectivity index (χ0v) is 14.0. The minimum atomic E-state index is -0.443. The molecule has 1 rings (SSSR count). The number of benzene rings is 1. The van der Waals surface area contributed by atoms with Gasteiger partial charge in [0.2, 0.25) is 0 Å². The van der Waals surface area contributed by atoms with E-state index in [2.05, 4.69) is 39.9 Å². The first-order valence-electron chi connectivity index (χ1n) is 7.92. The predicted octanol–water partition coefficient (Wildman–Crippen LogP) is 4.95. The molecule has 0 spiro atoms. The van der Waals surface area contributed by atoms with Crippen LogP contribution in [0.2, 0.25) is 0 Å². The maximum absolute atomic E-state index is 13.8. The molecule has 2 atom stereocenters. The van der Waals surface area contributed by atoms with Gasteiger partial charge >= 0.3 is 0 Å². The topological polar surface area (TPSA) is 12.0 Å². The monoisotopic (exact) mass is 297 g/mol. The average molecular weight is 297 g/mol. The summed E-state index contributed by atoms with van der Waals surface area (Å²) in [4.78, 5) is 0. The van der Waals surface area contributed by atoms with E-state index in [1.165, 1.54) is 18.2 Å². The highest BCUT2D eigenvalue weighted by Crippen LogP contribution is 2.30. The highest BCUT2D eigenvalue weighted by atomic mass is 19.1. The third-order valence-electron chi connectivity index (χ3n) is 4.31. The molecular formula is C18H29F2N. The van der Waals surface area contributed by atoms with Crippen LogP contribution in [0.25, 0.3) is 0 Å². The lowest BCUT2D eigenvalue weighted by Gasteiger charge is -2.31. The Morgan fingerprint density at radius 3 is 2.19 bits per heavy atom. The first-order valence-corrected chi connectivity index (χ1v) is 7.92. The summed E-state index contributed by atoms with van der Waals surface area (Å²) in [5.41, 5.74) is 0.395. The molecule has 0 radical (unpaired) electrons. The van der Waals surface area contributed by atoms with Crippen molar-refractivity contribution in [3.8, 4) is 0 Å². The summed E-state index contributed by atoms with van der Waals surface area (Å²) in [5.74, 6) is -0.412. The van der Waals surface area contributed by atoms with Gasteiger partial charge in [-0.25, -0.2) is 8.78 Å². The van der Waals surface area contributed by atoms with Crippen LogP contribution in [0, 0.1) is 23.0 Å². The molecule has 1 aromatic rings. The van der Waals surface area contributed by atoms with Crippen LogP contribution in [0.5, 0.6) is 0 Å². The second-order valence-electron chi connectivity index (χ2n) is 7.06. The number of hydrogen-bond acceptors (Lipinski definition) is 1. The largest absolute Gasteiger partial charge is 0.314 e. The average Bonchev–Trinajstić information content (AvgIpc) is 2.38. The summed E-state index contributed by atoms with van der Waals surface area (Å²) in [5, 5.41) is 3.44. The standard InChI is InChI=1S/C18H29F2N/c1-6-10-21-14(11-13(2)18(3,4)5)12-15-16(19)8-7-9-17(15)20/h7-9,13-14,21H,6,10-12H2,1-5H3. The summed E-state index contributed by atoms with van der Waals surface area (Å²) in [6.45, 7) is 11.8. The van der Waals surface area contributed by atoms with Crippen LogP contribution in [0.3, 0.4) is 0 Å². The van der Waals surface area contributed by atoms with Gasteiger partial charge in [-0.05, 0) is 49.3 Å². The maximum Gasteiger partial charge on any atom is 0.129 e. The van der Waals surface area contributed by atoms with Crippen molar-refractivity contribution >= 4 is 0 Å². The van der Waals surface area contributed by atoms with Crippen molar-refractivity contribution in [3.63, 3.8) is 0 Å². The van der Waals surface area contributed by atoms with E-state index in [-0.39, 0.29) is 17.0 Å². The summed E-state index contributed by atoms with van der Waals surface area (Å²) < 4.78 is 27.7. The van der Waals surface area contributed by atoms with Gasteiger partial charge in [0.1, 0.15) is 11.6 Å². The number of rotatable bonds is 7. The van der Waals surface area contributed by atoms with Crippen molar-refractivity contribution in [2.45, 2.75) is 59.9 Å². The van der Waals surface area contributed by atoms with Crippen molar-refractivity contribution in [3.05, 3.63) is 35.4 Å². The SMILES string of the molecule is CCCNC(Cc1c(F)cccc1F)CC(C)C(C)(C)C. The molecule has 21 heavy (non-hydrogen) atoms. The summed E-state index contributed by atoms with van der Waals surface area (Å²) in [6.07, 6.45) is 2.33. The van der Waals surface area contributed by atoms with Gasteiger partial charge in [-0.3, -0.25) is 0 Å².